The van der Waals surface area contributed by atoms with Crippen molar-refractivity contribution in [2.75, 3.05) is 6.61 Å². The standard InChI is InChI=1S/C22H30FO8P.2Na/c1-12-8-16-15-5-4-13-9-14(24)6-7-19(13,2)21(15,23)17(25)10-20(16,3)22(12,27)18(26)11-31-32(28,29)30;;/h6-7,9,12,15-17,25,27H,4-5,8,10-11H2,1-3H3,(H2,28,29,30);;/q;2*+1/p-2/t12?,15?,16?,17?,19-,20-,21-,22-;;/m0../s1. The molecule has 2 N–H and O–H groups in total. The molecule has 3 saturated carbocycles. The van der Waals surface area contributed by atoms with E-state index in [1.54, 1.807) is 20.8 Å². The Morgan fingerprint density at radius 3 is 2.50 bits per heavy atom. The van der Waals surface area contributed by atoms with Crippen LogP contribution < -0.4 is 68.9 Å². The van der Waals surface area contributed by atoms with Crippen molar-refractivity contribution in [1.29, 1.82) is 0 Å². The Morgan fingerprint density at radius 1 is 1.29 bits per heavy atom. The molecule has 0 aromatic rings. The summed E-state index contributed by atoms with van der Waals surface area (Å²) in [5.74, 6) is -3.06. The maximum absolute atomic E-state index is 17.0. The summed E-state index contributed by atoms with van der Waals surface area (Å²) in [6.07, 6.45) is 3.54. The van der Waals surface area contributed by atoms with Gasteiger partial charge < -0.3 is 29.1 Å². The molecule has 0 radical (unpaired) electrons. The van der Waals surface area contributed by atoms with Gasteiger partial charge in [0.1, 0.15) is 12.2 Å². The van der Waals surface area contributed by atoms with Crippen molar-refractivity contribution >= 4 is 19.4 Å². The van der Waals surface area contributed by atoms with Gasteiger partial charge in [-0.25, -0.2) is 4.39 Å². The molecular formula is C22H28FNa2O8P. The van der Waals surface area contributed by atoms with Crippen molar-refractivity contribution in [3.05, 3.63) is 23.8 Å². The molecule has 0 spiro atoms. The van der Waals surface area contributed by atoms with Crippen LogP contribution in [0.15, 0.2) is 23.8 Å². The molecule has 12 heteroatoms. The van der Waals surface area contributed by atoms with Crippen LogP contribution in [0.5, 0.6) is 0 Å². The first-order valence-corrected chi connectivity index (χ1v) is 12.3. The minimum atomic E-state index is -5.43. The number of carbonyl (C=O) groups excluding carboxylic acids is 2. The summed E-state index contributed by atoms with van der Waals surface area (Å²) in [5, 5.41) is 22.8. The molecule has 0 bridgehead atoms. The van der Waals surface area contributed by atoms with Gasteiger partial charge in [0.15, 0.2) is 17.2 Å². The number of aliphatic hydroxyl groups excluding tert-OH is 1. The summed E-state index contributed by atoms with van der Waals surface area (Å²) in [6.45, 7) is 3.80. The molecule has 178 valence electrons. The van der Waals surface area contributed by atoms with Crippen molar-refractivity contribution < 1.29 is 102 Å². The van der Waals surface area contributed by atoms with Crippen LogP contribution in [-0.2, 0) is 18.7 Å². The molecule has 34 heavy (non-hydrogen) atoms. The number of fused-ring (bicyclic) bond motifs is 5. The SMILES string of the molecule is CC1CC2C3CCC4=CC(=O)C=C[C@]4(C)[C@@]3(F)C(O)C[C@]2(C)[C@@]1(O)C(=O)COP(=O)([O-])[O-].[Na+].[Na+]. The third kappa shape index (κ3) is 4.20. The van der Waals surface area contributed by atoms with E-state index in [1.807, 2.05) is 0 Å². The van der Waals surface area contributed by atoms with Gasteiger partial charge in [-0.1, -0.05) is 25.5 Å². The molecule has 8 atom stereocenters. The number of rotatable bonds is 4. The average molecular weight is 516 g/mol. The summed E-state index contributed by atoms with van der Waals surface area (Å²) in [7, 11) is -5.43. The van der Waals surface area contributed by atoms with Gasteiger partial charge in [-0.2, -0.15) is 0 Å². The van der Waals surface area contributed by atoms with Crippen LogP contribution in [0.2, 0.25) is 0 Å². The molecular weight excluding hydrogens is 488 g/mol. The maximum Gasteiger partial charge on any atom is 1.00 e. The molecule has 4 unspecified atom stereocenters. The van der Waals surface area contributed by atoms with Gasteiger partial charge in [0.25, 0.3) is 0 Å². The first kappa shape index (κ1) is 31.0. The summed E-state index contributed by atoms with van der Waals surface area (Å²) in [6, 6.07) is 0. The number of hydrogen-bond donors (Lipinski definition) is 2. The first-order valence-electron chi connectivity index (χ1n) is 10.8. The third-order valence-electron chi connectivity index (χ3n) is 9.00. The second-order valence-corrected chi connectivity index (χ2v) is 11.5. The Bertz CT molecular complexity index is 984. The Morgan fingerprint density at radius 2 is 1.91 bits per heavy atom. The molecule has 4 aliphatic rings. The first-order chi connectivity index (χ1) is 14.6. The maximum atomic E-state index is 17.0. The van der Waals surface area contributed by atoms with Gasteiger partial charge in [-0.15, -0.1) is 0 Å². The average Bonchev–Trinajstić information content (AvgIpc) is 2.89. The van der Waals surface area contributed by atoms with Gasteiger partial charge >= 0.3 is 59.1 Å². The predicted molar refractivity (Wildman–Crippen MR) is 106 cm³/mol. The van der Waals surface area contributed by atoms with E-state index in [2.05, 4.69) is 4.52 Å². The monoisotopic (exact) mass is 516 g/mol. The fourth-order valence-corrected chi connectivity index (χ4v) is 7.66. The largest absolute Gasteiger partial charge is 1.00 e. The van der Waals surface area contributed by atoms with E-state index in [0.29, 0.717) is 18.4 Å². The van der Waals surface area contributed by atoms with E-state index < -0.39 is 66.2 Å². The number of phosphoric ester groups is 1. The fourth-order valence-electron chi connectivity index (χ4n) is 7.39. The Kier molecular flexibility index (Phi) is 8.96. The third-order valence-corrected chi connectivity index (χ3v) is 9.45. The topological polar surface area (TPSA) is 147 Å². The molecule has 0 aromatic carbocycles. The van der Waals surface area contributed by atoms with E-state index in [0.717, 1.165) is 0 Å². The van der Waals surface area contributed by atoms with E-state index in [-0.39, 0.29) is 77.7 Å². The number of allylic oxidation sites excluding steroid dienone is 4. The predicted octanol–water partition coefficient (Wildman–Crippen LogP) is -5.24. The van der Waals surface area contributed by atoms with Crippen molar-refractivity contribution in [2.45, 2.75) is 63.8 Å². The molecule has 4 rings (SSSR count). The van der Waals surface area contributed by atoms with Crippen molar-refractivity contribution in [3.63, 3.8) is 0 Å². The van der Waals surface area contributed by atoms with Crippen molar-refractivity contribution in [1.82, 2.24) is 0 Å². The van der Waals surface area contributed by atoms with E-state index in [9.17, 15) is 34.2 Å². The van der Waals surface area contributed by atoms with Gasteiger partial charge in [0, 0.05) is 16.7 Å². The van der Waals surface area contributed by atoms with Gasteiger partial charge in [-0.05, 0) is 56.6 Å². The Hall–Kier alpha value is 0.780. The number of alkyl halides is 1. The van der Waals surface area contributed by atoms with E-state index in [4.69, 9.17) is 0 Å². The zero-order chi connectivity index (χ0) is 23.9. The quantitative estimate of drug-likeness (QED) is 0.279. The zero-order valence-electron chi connectivity index (χ0n) is 20.2. The van der Waals surface area contributed by atoms with Crippen LogP contribution in [0.25, 0.3) is 0 Å². The number of phosphoric acid groups is 1. The summed E-state index contributed by atoms with van der Waals surface area (Å²) in [4.78, 5) is 46.6. The number of halogens is 1. The summed E-state index contributed by atoms with van der Waals surface area (Å²) < 4.78 is 32.0. The van der Waals surface area contributed by atoms with Crippen LogP contribution in [0.3, 0.4) is 0 Å². The summed E-state index contributed by atoms with van der Waals surface area (Å²) >= 11 is 0. The number of aliphatic hydroxyl groups is 2. The molecule has 0 saturated heterocycles. The smallest absolute Gasteiger partial charge is 0.790 e. The molecule has 0 amide bonds. The van der Waals surface area contributed by atoms with Gasteiger partial charge in [-0.3, -0.25) is 9.59 Å². The van der Waals surface area contributed by atoms with E-state index >= 15 is 4.39 Å². The normalized spacial score (nSPS) is 45.2. The molecule has 8 nitrogen and oxygen atoms in total. The molecule has 0 aliphatic heterocycles. The van der Waals surface area contributed by atoms with Crippen LogP contribution in [-0.4, -0.2) is 45.8 Å². The van der Waals surface area contributed by atoms with Crippen LogP contribution >= 0.6 is 7.82 Å². The number of Topliss-reactive ketones (excluding diaryl/α,β-unsaturated/α-hetero) is 1. The molecule has 0 heterocycles. The van der Waals surface area contributed by atoms with Crippen LogP contribution in [0.1, 0.15) is 46.5 Å². The van der Waals surface area contributed by atoms with Gasteiger partial charge in [0.05, 0.1) is 13.9 Å². The number of carbonyl (C=O) groups is 2. The van der Waals surface area contributed by atoms with Crippen molar-refractivity contribution in [2.24, 2.45) is 28.6 Å². The number of hydrogen-bond acceptors (Lipinski definition) is 8. The summed E-state index contributed by atoms with van der Waals surface area (Å²) in [5.41, 5.74) is -6.03. The van der Waals surface area contributed by atoms with Crippen LogP contribution in [0, 0.1) is 28.6 Å². The fraction of sp³-hybridized carbons (Fsp3) is 0.727. The minimum Gasteiger partial charge on any atom is -0.790 e. The minimum absolute atomic E-state index is 0. The zero-order valence-corrected chi connectivity index (χ0v) is 25.1. The van der Waals surface area contributed by atoms with E-state index in [1.165, 1.54) is 18.2 Å². The molecule has 0 aromatic heterocycles. The van der Waals surface area contributed by atoms with Crippen LogP contribution in [0.4, 0.5) is 4.39 Å². The second-order valence-electron chi connectivity index (χ2n) is 10.3. The molecule has 3 fully saturated rings. The second kappa shape index (κ2) is 9.83. The molecule has 4 aliphatic carbocycles. The van der Waals surface area contributed by atoms with Crippen molar-refractivity contribution in [3.8, 4) is 0 Å². The number of ketones is 2. The Balaban J connectivity index is 0.00000204. The van der Waals surface area contributed by atoms with Gasteiger partial charge in [0.2, 0.25) is 0 Å². The Labute approximate surface area is 242 Å².